The number of nitrogens with one attached hydrogen (secondary N) is 1. The highest BCUT2D eigenvalue weighted by molar-refractivity contribution is 5.30. The molecule has 0 aliphatic carbocycles. The first-order valence-electron chi connectivity index (χ1n) is 6.32. The molecule has 0 spiro atoms. The van der Waals surface area contributed by atoms with E-state index in [2.05, 4.69) is 20.3 Å². The molecule has 0 saturated carbocycles. The lowest BCUT2D eigenvalue weighted by molar-refractivity contribution is -0.502. The summed E-state index contributed by atoms with van der Waals surface area (Å²) in [4.78, 5) is 9.40. The van der Waals surface area contributed by atoms with E-state index in [1.165, 1.54) is 0 Å². The fraction of sp³-hybridized carbons (Fsp3) is 0.700. The zero-order valence-electron chi connectivity index (χ0n) is 12.7. The maximum atomic E-state index is 13.6. The van der Waals surface area contributed by atoms with Gasteiger partial charge < -0.3 is 11.1 Å². The Kier molecular flexibility index (Phi) is 5.71. The molecule has 3 N–H and O–H groups in total. The molecule has 0 aliphatic rings. The van der Waals surface area contributed by atoms with Gasteiger partial charge in [-0.15, -0.1) is 0 Å². The van der Waals surface area contributed by atoms with E-state index < -0.39 is 54.4 Å². The van der Waals surface area contributed by atoms with Crippen LogP contribution in [0, 0.1) is 0 Å². The summed E-state index contributed by atoms with van der Waals surface area (Å²) in [5.41, 5.74) is 5.06. The second-order valence-corrected chi connectivity index (χ2v) is 4.77. The fourth-order valence-electron chi connectivity index (χ4n) is 1.46. The van der Waals surface area contributed by atoms with Crippen LogP contribution in [0.15, 0.2) is 0 Å². The summed E-state index contributed by atoms with van der Waals surface area (Å²) >= 11 is 0. The number of nitrogens with two attached hydrogens (primary N) is 1. The molecule has 1 aromatic rings. The molecule has 1 rings (SSSR count). The van der Waals surface area contributed by atoms with Gasteiger partial charge in [-0.05, 0) is 0 Å². The molecule has 0 bridgehead atoms. The number of rotatable bonds is 6. The first kappa shape index (κ1) is 22.8. The summed E-state index contributed by atoms with van der Waals surface area (Å²) in [7, 11) is 1.14. The number of ether oxygens (including phenoxy) is 1. The molecule has 0 fully saturated rings. The molecular weight excluding hydrogens is 415 g/mol. The number of alkyl halides is 11. The minimum Gasteiger partial charge on any atom is -0.368 e. The lowest BCUT2D eigenvalue weighted by atomic mass is 10.2. The largest absolute Gasteiger partial charge is 0.458 e. The van der Waals surface area contributed by atoms with Gasteiger partial charge in [0.2, 0.25) is 11.9 Å². The summed E-state index contributed by atoms with van der Waals surface area (Å²) in [5.74, 6) is -15.4. The van der Waals surface area contributed by atoms with Gasteiger partial charge in [0.15, 0.2) is 0 Å². The fourth-order valence-corrected chi connectivity index (χ4v) is 1.46. The average Bonchev–Trinajstić information content (AvgIpc) is 2.42. The van der Waals surface area contributed by atoms with Crippen molar-refractivity contribution >= 4 is 11.9 Å². The van der Waals surface area contributed by atoms with Crippen molar-refractivity contribution in [2.75, 3.05) is 18.1 Å². The molecule has 156 valence electrons. The van der Waals surface area contributed by atoms with E-state index in [1.54, 1.807) is 0 Å². The molecule has 0 aliphatic heterocycles. The van der Waals surface area contributed by atoms with E-state index in [1.807, 2.05) is 4.74 Å². The number of halogens is 11. The Bertz CT molecular complexity index is 660. The van der Waals surface area contributed by atoms with Crippen LogP contribution in [0.4, 0.5) is 60.2 Å². The van der Waals surface area contributed by atoms with Crippen molar-refractivity contribution in [2.45, 2.75) is 36.7 Å². The molecule has 0 aromatic carbocycles. The van der Waals surface area contributed by atoms with Crippen LogP contribution in [0.1, 0.15) is 5.82 Å². The van der Waals surface area contributed by atoms with Crippen LogP contribution in [0.3, 0.4) is 0 Å². The SMILES string of the molecule is CNc1nc(N)nc(CC(F)(F)C(F)(F)OC(F)(C(F)(F)F)C(F)(F)F)n1. The van der Waals surface area contributed by atoms with Crippen LogP contribution in [-0.2, 0) is 11.2 Å². The molecule has 0 saturated heterocycles. The molecule has 0 amide bonds. The molecule has 1 aromatic heterocycles. The van der Waals surface area contributed by atoms with Gasteiger partial charge in [-0.2, -0.15) is 63.2 Å². The van der Waals surface area contributed by atoms with Gasteiger partial charge in [0.05, 0.1) is 6.42 Å². The van der Waals surface area contributed by atoms with Crippen LogP contribution in [0.25, 0.3) is 0 Å². The number of nitrogens with zero attached hydrogens (tertiary/aromatic N) is 3. The smallest absolute Gasteiger partial charge is 0.368 e. The standard InChI is InChI=1S/C10H8F11N5O/c1-23-5-25-3(24-4(22)26-5)2-6(11,12)10(20,21)27-7(13,8(14,15)16)9(17,18)19/h2H2,1H3,(H3,22,23,24,25,26). The Morgan fingerprint density at radius 2 is 1.33 bits per heavy atom. The Labute approximate surface area is 141 Å². The maximum Gasteiger partial charge on any atom is 0.458 e. The van der Waals surface area contributed by atoms with Crippen LogP contribution >= 0.6 is 0 Å². The van der Waals surface area contributed by atoms with Crippen molar-refractivity contribution in [1.82, 2.24) is 15.0 Å². The van der Waals surface area contributed by atoms with E-state index in [9.17, 15) is 48.3 Å². The first-order chi connectivity index (χ1) is 11.9. The molecule has 6 nitrogen and oxygen atoms in total. The third kappa shape index (κ3) is 4.56. The number of nitrogen functional groups attached to an aromatic ring is 1. The Balaban J connectivity index is 3.25. The van der Waals surface area contributed by atoms with Crippen molar-refractivity contribution in [1.29, 1.82) is 0 Å². The van der Waals surface area contributed by atoms with Crippen molar-refractivity contribution in [3.05, 3.63) is 5.82 Å². The summed E-state index contributed by atoms with van der Waals surface area (Å²) in [6, 6.07) is 0. The number of hydrogen-bond acceptors (Lipinski definition) is 6. The number of anilines is 2. The Hall–Kier alpha value is -2.20. The number of aromatic nitrogens is 3. The zero-order chi connectivity index (χ0) is 21.5. The topological polar surface area (TPSA) is 86.0 Å². The normalized spacial score (nSPS) is 14.4. The Morgan fingerprint density at radius 1 is 0.852 bits per heavy atom. The predicted molar refractivity (Wildman–Crippen MR) is 64.4 cm³/mol. The summed E-state index contributed by atoms with van der Waals surface area (Å²) < 4.78 is 143. The summed E-state index contributed by atoms with van der Waals surface area (Å²) in [5, 5.41) is 2.15. The van der Waals surface area contributed by atoms with Gasteiger partial charge >= 0.3 is 30.2 Å². The van der Waals surface area contributed by atoms with Gasteiger partial charge in [0.25, 0.3) is 0 Å². The zero-order valence-corrected chi connectivity index (χ0v) is 12.7. The second-order valence-electron chi connectivity index (χ2n) is 4.77. The van der Waals surface area contributed by atoms with Gasteiger partial charge in [-0.3, -0.25) is 4.74 Å². The maximum absolute atomic E-state index is 13.6. The first-order valence-corrected chi connectivity index (χ1v) is 6.32. The van der Waals surface area contributed by atoms with E-state index in [0.29, 0.717) is 0 Å². The van der Waals surface area contributed by atoms with Crippen LogP contribution < -0.4 is 11.1 Å². The molecule has 0 unspecified atom stereocenters. The molecule has 0 radical (unpaired) electrons. The lowest BCUT2D eigenvalue weighted by Gasteiger charge is -2.35. The van der Waals surface area contributed by atoms with Crippen LogP contribution in [-0.4, -0.2) is 52.2 Å². The van der Waals surface area contributed by atoms with Gasteiger partial charge in [-0.1, -0.05) is 0 Å². The highest BCUT2D eigenvalue weighted by Crippen LogP contribution is 2.52. The minimum absolute atomic E-state index is 0.525. The monoisotopic (exact) mass is 423 g/mol. The van der Waals surface area contributed by atoms with Crippen LogP contribution in [0.2, 0.25) is 0 Å². The number of hydrogen-bond donors (Lipinski definition) is 2. The van der Waals surface area contributed by atoms with E-state index in [4.69, 9.17) is 5.73 Å². The third-order valence-corrected chi connectivity index (χ3v) is 2.73. The van der Waals surface area contributed by atoms with Crippen molar-refractivity contribution in [3.63, 3.8) is 0 Å². The van der Waals surface area contributed by atoms with Crippen molar-refractivity contribution in [3.8, 4) is 0 Å². The quantitative estimate of drug-likeness (QED) is 0.685. The van der Waals surface area contributed by atoms with Gasteiger partial charge in [0, 0.05) is 7.05 Å². The Morgan fingerprint density at radius 3 is 1.74 bits per heavy atom. The summed E-state index contributed by atoms with van der Waals surface area (Å²) in [6.07, 6.45) is -23.2. The highest BCUT2D eigenvalue weighted by Gasteiger charge is 2.79. The van der Waals surface area contributed by atoms with Gasteiger partial charge in [0.1, 0.15) is 5.82 Å². The minimum atomic E-state index is -7.14. The molecule has 17 heteroatoms. The van der Waals surface area contributed by atoms with E-state index in [-0.39, 0.29) is 0 Å². The van der Waals surface area contributed by atoms with Crippen molar-refractivity contribution in [2.24, 2.45) is 0 Å². The third-order valence-electron chi connectivity index (χ3n) is 2.73. The molecular formula is C10H8F11N5O. The molecule has 0 atom stereocenters. The lowest BCUT2D eigenvalue weighted by Crippen LogP contribution is -2.61. The van der Waals surface area contributed by atoms with Crippen molar-refractivity contribution < 1.29 is 53.0 Å². The summed E-state index contributed by atoms with van der Waals surface area (Å²) in [6.45, 7) is 0. The second kappa shape index (κ2) is 6.75. The predicted octanol–water partition coefficient (Wildman–Crippen LogP) is 3.07. The highest BCUT2D eigenvalue weighted by atomic mass is 19.4. The van der Waals surface area contributed by atoms with E-state index in [0.717, 1.165) is 7.05 Å². The van der Waals surface area contributed by atoms with E-state index >= 15 is 0 Å². The average molecular weight is 423 g/mol. The molecule has 27 heavy (non-hydrogen) atoms. The van der Waals surface area contributed by atoms with Crippen LogP contribution in [0.5, 0.6) is 0 Å². The van der Waals surface area contributed by atoms with Gasteiger partial charge in [-0.25, -0.2) is 0 Å². The molecule has 1 heterocycles.